The van der Waals surface area contributed by atoms with Gasteiger partial charge in [0.25, 0.3) is 5.91 Å². The van der Waals surface area contributed by atoms with E-state index in [1.54, 1.807) is 37.4 Å². The summed E-state index contributed by atoms with van der Waals surface area (Å²) in [6.45, 7) is 1.90. The Morgan fingerprint density at radius 2 is 1.90 bits per heavy atom. The number of halogens is 1. The standard InChI is InChI=1S/C16H17ClN2O2/c1-10(11-3-5-12(17)6-4-11)19-16(20)14-9-13(21-2)7-8-15(14)18/h3-10H,18H2,1-2H3,(H,19,20)/t10-/m0/s1. The van der Waals surface area contributed by atoms with Crippen molar-refractivity contribution in [1.82, 2.24) is 5.32 Å². The van der Waals surface area contributed by atoms with E-state index in [0.717, 1.165) is 5.56 Å². The summed E-state index contributed by atoms with van der Waals surface area (Å²) in [5, 5.41) is 3.57. The highest BCUT2D eigenvalue weighted by Gasteiger charge is 2.14. The van der Waals surface area contributed by atoms with Crippen LogP contribution in [0.15, 0.2) is 42.5 Å². The van der Waals surface area contributed by atoms with Gasteiger partial charge in [-0.25, -0.2) is 0 Å². The molecule has 0 saturated heterocycles. The number of anilines is 1. The summed E-state index contributed by atoms with van der Waals surface area (Å²) in [4.78, 5) is 12.3. The van der Waals surface area contributed by atoms with Gasteiger partial charge in [-0.1, -0.05) is 23.7 Å². The van der Waals surface area contributed by atoms with Crippen molar-refractivity contribution in [2.24, 2.45) is 0 Å². The number of carbonyl (C=O) groups excluding carboxylic acids is 1. The third kappa shape index (κ3) is 3.67. The number of methoxy groups -OCH3 is 1. The van der Waals surface area contributed by atoms with Crippen molar-refractivity contribution in [2.75, 3.05) is 12.8 Å². The molecule has 0 heterocycles. The predicted molar refractivity (Wildman–Crippen MR) is 84.7 cm³/mol. The van der Waals surface area contributed by atoms with Gasteiger partial charge < -0.3 is 15.8 Å². The molecule has 3 N–H and O–H groups in total. The van der Waals surface area contributed by atoms with Crippen molar-refractivity contribution in [1.29, 1.82) is 0 Å². The second-order valence-corrected chi connectivity index (χ2v) is 5.14. The second kappa shape index (κ2) is 6.50. The summed E-state index contributed by atoms with van der Waals surface area (Å²) in [6.07, 6.45) is 0. The molecule has 0 aromatic heterocycles. The molecule has 0 bridgehead atoms. The first-order chi connectivity index (χ1) is 10.0. The minimum atomic E-state index is -0.242. The van der Waals surface area contributed by atoms with Gasteiger partial charge in [0.2, 0.25) is 0 Å². The van der Waals surface area contributed by atoms with Crippen LogP contribution in [0.3, 0.4) is 0 Å². The van der Waals surface area contributed by atoms with Crippen LogP contribution in [0.2, 0.25) is 5.02 Å². The number of hydrogen-bond acceptors (Lipinski definition) is 3. The van der Waals surface area contributed by atoms with Crippen LogP contribution in [0.1, 0.15) is 28.9 Å². The van der Waals surface area contributed by atoms with Gasteiger partial charge >= 0.3 is 0 Å². The first-order valence-electron chi connectivity index (χ1n) is 6.51. The molecule has 0 aliphatic rings. The Morgan fingerprint density at radius 1 is 1.24 bits per heavy atom. The Labute approximate surface area is 128 Å². The fourth-order valence-corrected chi connectivity index (χ4v) is 2.09. The lowest BCUT2D eigenvalue weighted by Crippen LogP contribution is -2.27. The zero-order chi connectivity index (χ0) is 15.4. The van der Waals surface area contributed by atoms with Crippen LogP contribution >= 0.6 is 11.6 Å². The fourth-order valence-electron chi connectivity index (χ4n) is 1.97. The third-order valence-corrected chi connectivity index (χ3v) is 3.47. The molecule has 0 aliphatic carbocycles. The molecule has 0 unspecified atom stereocenters. The van der Waals surface area contributed by atoms with E-state index in [4.69, 9.17) is 22.1 Å². The number of hydrogen-bond donors (Lipinski definition) is 2. The van der Waals surface area contributed by atoms with E-state index in [2.05, 4.69) is 5.32 Å². The minimum absolute atomic E-state index is 0.152. The molecule has 0 aliphatic heterocycles. The molecule has 0 fully saturated rings. The van der Waals surface area contributed by atoms with E-state index >= 15 is 0 Å². The molecule has 110 valence electrons. The lowest BCUT2D eigenvalue weighted by molar-refractivity contribution is 0.0940. The lowest BCUT2D eigenvalue weighted by Gasteiger charge is -2.15. The molecule has 2 aromatic rings. The number of benzene rings is 2. The summed E-state index contributed by atoms with van der Waals surface area (Å²) in [7, 11) is 1.55. The first kappa shape index (κ1) is 15.2. The third-order valence-electron chi connectivity index (χ3n) is 3.22. The summed E-state index contributed by atoms with van der Waals surface area (Å²) in [6, 6.07) is 12.2. The SMILES string of the molecule is COc1ccc(N)c(C(=O)N[C@@H](C)c2ccc(Cl)cc2)c1. The number of carbonyl (C=O) groups is 1. The summed E-state index contributed by atoms with van der Waals surface area (Å²) in [5.41, 5.74) is 7.62. The van der Waals surface area contributed by atoms with Crippen LogP contribution in [-0.4, -0.2) is 13.0 Å². The van der Waals surface area contributed by atoms with E-state index in [1.165, 1.54) is 0 Å². The van der Waals surface area contributed by atoms with Gasteiger partial charge in [0.1, 0.15) is 5.75 Å². The van der Waals surface area contributed by atoms with Crippen LogP contribution in [0.4, 0.5) is 5.69 Å². The monoisotopic (exact) mass is 304 g/mol. The molecular formula is C16H17ClN2O2. The number of nitrogens with one attached hydrogen (secondary N) is 1. The highest BCUT2D eigenvalue weighted by molar-refractivity contribution is 6.30. The number of rotatable bonds is 4. The molecule has 2 aromatic carbocycles. The van der Waals surface area contributed by atoms with E-state index < -0.39 is 0 Å². The molecule has 1 amide bonds. The summed E-state index contributed by atoms with van der Waals surface area (Å²) < 4.78 is 5.11. The average Bonchev–Trinajstić information content (AvgIpc) is 2.48. The van der Waals surface area contributed by atoms with Gasteiger partial charge in [-0.05, 0) is 42.8 Å². The van der Waals surface area contributed by atoms with E-state index in [9.17, 15) is 4.79 Å². The van der Waals surface area contributed by atoms with Crippen molar-refractivity contribution in [3.63, 3.8) is 0 Å². The highest BCUT2D eigenvalue weighted by Crippen LogP contribution is 2.21. The molecule has 5 heteroatoms. The van der Waals surface area contributed by atoms with Gasteiger partial charge in [-0.2, -0.15) is 0 Å². The van der Waals surface area contributed by atoms with Crippen molar-refractivity contribution in [3.05, 3.63) is 58.6 Å². The second-order valence-electron chi connectivity index (χ2n) is 4.70. The van der Waals surface area contributed by atoms with Crippen LogP contribution in [0.5, 0.6) is 5.75 Å². The molecule has 1 atom stereocenters. The van der Waals surface area contributed by atoms with Crippen LogP contribution in [-0.2, 0) is 0 Å². The Kier molecular flexibility index (Phi) is 4.70. The lowest BCUT2D eigenvalue weighted by atomic mass is 10.1. The quantitative estimate of drug-likeness (QED) is 0.851. The smallest absolute Gasteiger partial charge is 0.253 e. The maximum Gasteiger partial charge on any atom is 0.253 e. The molecule has 2 rings (SSSR count). The molecule has 0 radical (unpaired) electrons. The highest BCUT2D eigenvalue weighted by atomic mass is 35.5. The topological polar surface area (TPSA) is 64.3 Å². The van der Waals surface area contributed by atoms with Crippen molar-refractivity contribution in [2.45, 2.75) is 13.0 Å². The van der Waals surface area contributed by atoms with E-state index in [1.807, 2.05) is 19.1 Å². The molecule has 0 saturated carbocycles. The largest absolute Gasteiger partial charge is 0.497 e. The van der Waals surface area contributed by atoms with E-state index in [-0.39, 0.29) is 11.9 Å². The zero-order valence-electron chi connectivity index (χ0n) is 11.9. The summed E-state index contributed by atoms with van der Waals surface area (Å²) in [5.74, 6) is 0.349. The number of nitrogens with two attached hydrogens (primary N) is 1. The maximum absolute atomic E-state index is 12.3. The van der Waals surface area contributed by atoms with Gasteiger partial charge in [-0.15, -0.1) is 0 Å². The van der Waals surface area contributed by atoms with Gasteiger partial charge in [0.05, 0.1) is 18.7 Å². The predicted octanol–water partition coefficient (Wildman–Crippen LogP) is 3.42. The molecule has 4 nitrogen and oxygen atoms in total. The minimum Gasteiger partial charge on any atom is -0.497 e. The van der Waals surface area contributed by atoms with Crippen LogP contribution in [0.25, 0.3) is 0 Å². The number of ether oxygens (including phenoxy) is 1. The van der Waals surface area contributed by atoms with Crippen molar-refractivity contribution in [3.8, 4) is 5.75 Å². The summed E-state index contributed by atoms with van der Waals surface area (Å²) >= 11 is 5.85. The van der Waals surface area contributed by atoms with Crippen LogP contribution < -0.4 is 15.8 Å². The number of amides is 1. The molecule has 0 spiro atoms. The molecular weight excluding hydrogens is 288 g/mol. The Hall–Kier alpha value is -2.20. The number of nitrogen functional groups attached to an aromatic ring is 1. The van der Waals surface area contributed by atoms with Crippen molar-refractivity contribution >= 4 is 23.2 Å². The van der Waals surface area contributed by atoms with Crippen molar-refractivity contribution < 1.29 is 9.53 Å². The normalized spacial score (nSPS) is 11.8. The Balaban J connectivity index is 2.15. The fraction of sp³-hybridized carbons (Fsp3) is 0.188. The van der Waals surface area contributed by atoms with Gasteiger partial charge in [0.15, 0.2) is 0 Å². The Morgan fingerprint density at radius 3 is 2.52 bits per heavy atom. The first-order valence-corrected chi connectivity index (χ1v) is 6.89. The van der Waals surface area contributed by atoms with Crippen LogP contribution in [0, 0.1) is 0 Å². The van der Waals surface area contributed by atoms with Gasteiger partial charge in [-0.3, -0.25) is 4.79 Å². The maximum atomic E-state index is 12.3. The zero-order valence-corrected chi connectivity index (χ0v) is 12.6. The van der Waals surface area contributed by atoms with Gasteiger partial charge in [0, 0.05) is 10.7 Å². The van der Waals surface area contributed by atoms with E-state index in [0.29, 0.717) is 22.0 Å². The Bertz CT molecular complexity index is 641. The molecule has 21 heavy (non-hydrogen) atoms. The average molecular weight is 305 g/mol.